The van der Waals surface area contributed by atoms with Crippen molar-refractivity contribution >= 4 is 33.0 Å². The van der Waals surface area contributed by atoms with Gasteiger partial charge in [0.05, 0.1) is 9.79 Å². The molecule has 0 saturated heterocycles. The van der Waals surface area contributed by atoms with E-state index in [-0.39, 0.29) is 5.88 Å². The van der Waals surface area contributed by atoms with Crippen molar-refractivity contribution < 1.29 is 8.42 Å². The number of halogens is 2. The number of fused-ring (bicyclic) bond motifs is 3. The van der Waals surface area contributed by atoms with Crippen LogP contribution in [0, 0.1) is 0 Å². The van der Waals surface area contributed by atoms with Gasteiger partial charge in [0.1, 0.15) is 0 Å². The molecule has 0 atom stereocenters. The van der Waals surface area contributed by atoms with E-state index in [0.29, 0.717) is 21.2 Å². The quantitative estimate of drug-likeness (QED) is 0.671. The molecule has 0 spiro atoms. The van der Waals surface area contributed by atoms with Gasteiger partial charge in [-0.3, -0.25) is 0 Å². The Labute approximate surface area is 121 Å². The van der Waals surface area contributed by atoms with Crippen LogP contribution in [0.25, 0.3) is 11.1 Å². The molecule has 0 bridgehead atoms. The Morgan fingerprint density at radius 1 is 0.895 bits per heavy atom. The van der Waals surface area contributed by atoms with Gasteiger partial charge in [-0.2, -0.15) is 0 Å². The van der Waals surface area contributed by atoms with Gasteiger partial charge in [0, 0.05) is 22.9 Å². The van der Waals surface area contributed by atoms with E-state index in [2.05, 4.69) is 0 Å². The highest BCUT2D eigenvalue weighted by molar-refractivity contribution is 7.92. The lowest BCUT2D eigenvalue weighted by molar-refractivity contribution is 0.598. The molecule has 5 heteroatoms. The fourth-order valence-electron chi connectivity index (χ4n) is 2.49. The minimum Gasteiger partial charge on any atom is -0.218 e. The topological polar surface area (TPSA) is 34.1 Å². The summed E-state index contributed by atoms with van der Waals surface area (Å²) in [6.45, 7) is 0. The number of rotatable bonds is 2. The van der Waals surface area contributed by atoms with Crippen molar-refractivity contribution in [3.63, 3.8) is 0 Å². The fourth-order valence-corrected chi connectivity index (χ4v) is 4.75. The van der Waals surface area contributed by atoms with Crippen LogP contribution in [0.1, 0.15) is 11.1 Å². The van der Waals surface area contributed by atoms with Gasteiger partial charge in [0.25, 0.3) is 0 Å². The molecule has 2 aromatic carbocycles. The molecule has 2 aromatic rings. The third kappa shape index (κ3) is 1.72. The van der Waals surface area contributed by atoms with Gasteiger partial charge in [-0.05, 0) is 23.3 Å². The van der Waals surface area contributed by atoms with Crippen LogP contribution in [0.3, 0.4) is 0 Å². The third-order valence-electron chi connectivity index (χ3n) is 3.38. The van der Waals surface area contributed by atoms with Crippen LogP contribution in [0.5, 0.6) is 0 Å². The molecule has 0 unspecified atom stereocenters. The van der Waals surface area contributed by atoms with E-state index in [0.717, 1.165) is 16.7 Å². The molecule has 19 heavy (non-hydrogen) atoms. The summed E-state index contributed by atoms with van der Waals surface area (Å²) in [6, 6.07) is 10.4. The highest BCUT2D eigenvalue weighted by Crippen LogP contribution is 2.46. The number of alkyl halides is 2. The highest BCUT2D eigenvalue weighted by Gasteiger charge is 2.34. The Balaban J connectivity index is 2.47. The second-order valence-corrected chi connectivity index (χ2v) is 6.76. The lowest BCUT2D eigenvalue weighted by Gasteiger charge is -2.10. The molecule has 1 aliphatic rings. The number of hydrogen-bond donors (Lipinski definition) is 0. The molecule has 1 heterocycles. The summed E-state index contributed by atoms with van der Waals surface area (Å²) in [7, 11) is -3.42. The third-order valence-corrected chi connectivity index (χ3v) is 5.79. The molecular weight excluding hydrogens is 303 g/mol. The first kappa shape index (κ1) is 13.0. The van der Waals surface area contributed by atoms with Crippen molar-refractivity contribution in [2.45, 2.75) is 21.6 Å². The number of hydrogen-bond acceptors (Lipinski definition) is 2. The molecule has 0 radical (unpaired) electrons. The molecule has 2 nitrogen and oxygen atoms in total. The van der Waals surface area contributed by atoms with Crippen LogP contribution < -0.4 is 0 Å². The van der Waals surface area contributed by atoms with E-state index in [9.17, 15) is 8.42 Å². The SMILES string of the molecule is O=S1(=O)c2ccccc2-c2c1ccc(CCl)c2CCl. The minimum atomic E-state index is -3.42. The second kappa shape index (κ2) is 4.51. The first-order valence-corrected chi connectivity index (χ1v) is 8.27. The van der Waals surface area contributed by atoms with Crippen LogP contribution in [0.4, 0.5) is 0 Å². The van der Waals surface area contributed by atoms with Crippen LogP contribution in [0.15, 0.2) is 46.2 Å². The van der Waals surface area contributed by atoms with E-state index in [1.54, 1.807) is 24.3 Å². The molecule has 0 aromatic heterocycles. The summed E-state index contributed by atoms with van der Waals surface area (Å²) < 4.78 is 24.9. The molecule has 1 aliphatic heterocycles. The lowest BCUT2D eigenvalue weighted by Crippen LogP contribution is -1.98. The van der Waals surface area contributed by atoms with Crippen molar-refractivity contribution in [2.75, 3.05) is 0 Å². The van der Waals surface area contributed by atoms with Crippen molar-refractivity contribution in [1.29, 1.82) is 0 Å². The standard InChI is InChI=1S/C14H10Cl2O2S/c15-7-9-5-6-13-14(11(9)8-16)10-3-1-2-4-12(10)19(13,17)18/h1-6H,7-8H2. The largest absolute Gasteiger partial charge is 0.218 e. The zero-order chi connectivity index (χ0) is 13.6. The Kier molecular flexibility index (Phi) is 3.08. The minimum absolute atomic E-state index is 0.245. The number of benzene rings is 2. The van der Waals surface area contributed by atoms with Gasteiger partial charge >= 0.3 is 0 Å². The summed E-state index contributed by atoms with van der Waals surface area (Å²) >= 11 is 11.9. The Hall–Kier alpha value is -1.03. The normalized spacial score (nSPS) is 15.1. The maximum absolute atomic E-state index is 12.5. The molecule has 98 valence electrons. The maximum atomic E-state index is 12.5. The monoisotopic (exact) mass is 312 g/mol. The van der Waals surface area contributed by atoms with E-state index < -0.39 is 9.84 Å². The maximum Gasteiger partial charge on any atom is 0.207 e. The van der Waals surface area contributed by atoms with E-state index in [1.807, 2.05) is 12.1 Å². The predicted molar refractivity (Wildman–Crippen MR) is 76.4 cm³/mol. The van der Waals surface area contributed by atoms with Crippen LogP contribution >= 0.6 is 23.2 Å². The summed E-state index contributed by atoms with van der Waals surface area (Å²) in [6.07, 6.45) is 0. The molecule has 0 saturated carbocycles. The molecule has 0 N–H and O–H groups in total. The predicted octanol–water partition coefficient (Wildman–Crippen LogP) is 3.98. The van der Waals surface area contributed by atoms with Crippen LogP contribution in [-0.4, -0.2) is 8.42 Å². The lowest BCUT2D eigenvalue weighted by atomic mass is 9.97. The first-order valence-electron chi connectivity index (χ1n) is 5.72. The van der Waals surface area contributed by atoms with Crippen molar-refractivity contribution in [1.82, 2.24) is 0 Å². The van der Waals surface area contributed by atoms with Gasteiger partial charge in [0.2, 0.25) is 9.84 Å². The Morgan fingerprint density at radius 3 is 2.32 bits per heavy atom. The summed E-state index contributed by atoms with van der Waals surface area (Å²) in [4.78, 5) is 0.682. The van der Waals surface area contributed by atoms with Crippen molar-refractivity contribution in [3.05, 3.63) is 47.5 Å². The molecular formula is C14H10Cl2O2S. The smallest absolute Gasteiger partial charge is 0.207 e. The highest BCUT2D eigenvalue weighted by atomic mass is 35.5. The van der Waals surface area contributed by atoms with Crippen molar-refractivity contribution in [3.8, 4) is 11.1 Å². The molecule has 0 amide bonds. The summed E-state index contributed by atoms with van der Waals surface area (Å²) in [5.41, 5.74) is 3.12. The van der Waals surface area contributed by atoms with Gasteiger partial charge in [-0.15, -0.1) is 23.2 Å². The first-order chi connectivity index (χ1) is 9.11. The molecule has 0 fully saturated rings. The zero-order valence-electron chi connectivity index (χ0n) is 9.86. The molecule has 0 aliphatic carbocycles. The fraction of sp³-hybridized carbons (Fsp3) is 0.143. The van der Waals surface area contributed by atoms with Gasteiger partial charge < -0.3 is 0 Å². The van der Waals surface area contributed by atoms with Crippen LogP contribution in [-0.2, 0) is 21.6 Å². The van der Waals surface area contributed by atoms with E-state index in [4.69, 9.17) is 23.2 Å². The average molecular weight is 313 g/mol. The van der Waals surface area contributed by atoms with Crippen LogP contribution in [0.2, 0.25) is 0 Å². The van der Waals surface area contributed by atoms with Gasteiger partial charge in [-0.1, -0.05) is 24.3 Å². The summed E-state index contributed by atoms with van der Waals surface area (Å²) in [5.74, 6) is 0.562. The van der Waals surface area contributed by atoms with E-state index >= 15 is 0 Å². The zero-order valence-corrected chi connectivity index (χ0v) is 12.2. The van der Waals surface area contributed by atoms with Crippen molar-refractivity contribution in [2.24, 2.45) is 0 Å². The second-order valence-electron chi connectivity index (χ2n) is 4.34. The van der Waals surface area contributed by atoms with Gasteiger partial charge in [-0.25, -0.2) is 8.42 Å². The Bertz CT molecular complexity index is 767. The summed E-state index contributed by atoms with van der Waals surface area (Å²) in [5, 5.41) is 0. The molecule has 3 rings (SSSR count). The van der Waals surface area contributed by atoms with E-state index in [1.165, 1.54) is 0 Å². The Morgan fingerprint density at radius 2 is 1.63 bits per heavy atom. The number of sulfone groups is 1. The van der Waals surface area contributed by atoms with Gasteiger partial charge in [0.15, 0.2) is 0 Å². The average Bonchev–Trinajstić information content (AvgIpc) is 2.67.